The minimum atomic E-state index is -0.777. The molecule has 2 atom stereocenters. The van der Waals surface area contributed by atoms with Crippen molar-refractivity contribution in [3.8, 4) is 0 Å². The number of hydrogen-bond donors (Lipinski definition) is 0. The van der Waals surface area contributed by atoms with Crippen molar-refractivity contribution in [2.75, 3.05) is 18.0 Å². The van der Waals surface area contributed by atoms with Crippen LogP contribution in [0.15, 0.2) is 18.2 Å². The van der Waals surface area contributed by atoms with Crippen molar-refractivity contribution in [1.29, 1.82) is 0 Å². The number of para-hydroxylation sites is 1. The molecule has 2 fully saturated rings. The molecular weight excluding hydrogens is 314 g/mol. The molecule has 6 heteroatoms. The normalized spacial score (nSPS) is 24.5. The molecule has 4 nitrogen and oxygen atoms in total. The Balaban J connectivity index is 1.78. The van der Waals surface area contributed by atoms with Crippen molar-refractivity contribution in [1.82, 2.24) is 4.90 Å². The van der Waals surface area contributed by atoms with Gasteiger partial charge in [0.2, 0.25) is 11.8 Å². The Kier molecular flexibility index (Phi) is 4.83. The topological polar surface area (TPSA) is 40.6 Å². The molecular formula is C18H22F2N2O2. The van der Waals surface area contributed by atoms with Crippen LogP contribution in [0.4, 0.5) is 14.5 Å². The van der Waals surface area contributed by atoms with E-state index in [9.17, 15) is 18.4 Å². The Labute approximate surface area is 140 Å². The largest absolute Gasteiger partial charge is 0.339 e. The van der Waals surface area contributed by atoms with Crippen LogP contribution >= 0.6 is 0 Å². The van der Waals surface area contributed by atoms with E-state index in [0.717, 1.165) is 42.7 Å². The van der Waals surface area contributed by atoms with Gasteiger partial charge in [0.25, 0.3) is 0 Å². The summed E-state index contributed by atoms with van der Waals surface area (Å²) in [5.74, 6) is -2.54. The number of likely N-dealkylation sites (tertiary alicyclic amines) is 1. The van der Waals surface area contributed by atoms with Crippen LogP contribution in [0, 0.1) is 17.6 Å². The number of anilines is 1. The Morgan fingerprint density at radius 1 is 1.25 bits per heavy atom. The van der Waals surface area contributed by atoms with Crippen molar-refractivity contribution >= 4 is 17.5 Å². The summed E-state index contributed by atoms with van der Waals surface area (Å²) in [5, 5.41) is 0. The number of amides is 2. The van der Waals surface area contributed by atoms with E-state index in [2.05, 4.69) is 6.92 Å². The molecule has 2 unspecified atom stereocenters. The van der Waals surface area contributed by atoms with E-state index in [4.69, 9.17) is 0 Å². The van der Waals surface area contributed by atoms with Crippen LogP contribution in [0.1, 0.15) is 39.0 Å². The predicted octanol–water partition coefficient (Wildman–Crippen LogP) is 3.11. The van der Waals surface area contributed by atoms with Crippen LogP contribution in [0.3, 0.4) is 0 Å². The predicted molar refractivity (Wildman–Crippen MR) is 86.5 cm³/mol. The first kappa shape index (κ1) is 16.9. The van der Waals surface area contributed by atoms with E-state index < -0.39 is 23.5 Å². The Morgan fingerprint density at radius 3 is 2.62 bits per heavy atom. The molecule has 2 saturated heterocycles. The third kappa shape index (κ3) is 3.01. The molecule has 2 heterocycles. The van der Waals surface area contributed by atoms with Gasteiger partial charge in [-0.3, -0.25) is 9.59 Å². The van der Waals surface area contributed by atoms with E-state index >= 15 is 0 Å². The Hall–Kier alpha value is -1.98. The van der Waals surface area contributed by atoms with Crippen molar-refractivity contribution in [2.45, 2.75) is 45.1 Å². The molecule has 0 bridgehead atoms. The molecule has 130 valence electrons. The van der Waals surface area contributed by atoms with Gasteiger partial charge in [-0.25, -0.2) is 8.78 Å². The van der Waals surface area contributed by atoms with Crippen molar-refractivity contribution in [3.05, 3.63) is 29.8 Å². The molecule has 2 amide bonds. The maximum atomic E-state index is 13.9. The fourth-order valence-electron chi connectivity index (χ4n) is 3.79. The summed E-state index contributed by atoms with van der Waals surface area (Å²) in [7, 11) is 0. The molecule has 0 radical (unpaired) electrons. The van der Waals surface area contributed by atoms with E-state index in [-0.39, 0.29) is 30.6 Å². The van der Waals surface area contributed by atoms with E-state index in [1.165, 1.54) is 6.07 Å². The number of nitrogens with zero attached hydrogens (tertiary/aromatic N) is 2. The first-order chi connectivity index (χ1) is 11.5. The lowest BCUT2D eigenvalue weighted by atomic mass is 9.97. The van der Waals surface area contributed by atoms with E-state index in [0.29, 0.717) is 6.54 Å². The van der Waals surface area contributed by atoms with Gasteiger partial charge in [0.1, 0.15) is 17.3 Å². The number of benzene rings is 1. The summed E-state index contributed by atoms with van der Waals surface area (Å²) < 4.78 is 27.9. The summed E-state index contributed by atoms with van der Waals surface area (Å²) in [5.41, 5.74) is -0.344. The van der Waals surface area contributed by atoms with Gasteiger partial charge < -0.3 is 9.80 Å². The Morgan fingerprint density at radius 2 is 1.96 bits per heavy atom. The lowest BCUT2D eigenvalue weighted by Gasteiger charge is -2.36. The summed E-state index contributed by atoms with van der Waals surface area (Å²) in [4.78, 5) is 28.0. The van der Waals surface area contributed by atoms with Crippen LogP contribution in [0.5, 0.6) is 0 Å². The minimum Gasteiger partial charge on any atom is -0.339 e. The number of carbonyl (C=O) groups excluding carboxylic acids is 2. The maximum absolute atomic E-state index is 13.9. The third-order valence-corrected chi connectivity index (χ3v) is 5.06. The highest BCUT2D eigenvalue weighted by atomic mass is 19.1. The SMILES string of the molecule is CCC1CCCCN1C(=O)C1CC(=O)N(c2c(F)cccc2F)C1. The first-order valence-electron chi connectivity index (χ1n) is 8.57. The fraction of sp³-hybridized carbons (Fsp3) is 0.556. The standard InChI is InChI=1S/C18H22F2N2O2/c1-2-13-6-3-4-9-21(13)18(24)12-10-16(23)22(11-12)17-14(19)7-5-8-15(17)20/h5,7-8,12-13H,2-4,6,9-11H2,1H3. The van der Waals surface area contributed by atoms with Gasteiger partial charge in [-0.05, 0) is 37.8 Å². The molecule has 0 spiro atoms. The zero-order valence-electron chi connectivity index (χ0n) is 13.8. The second-order valence-electron chi connectivity index (χ2n) is 6.57. The fourth-order valence-corrected chi connectivity index (χ4v) is 3.79. The molecule has 0 saturated carbocycles. The summed E-state index contributed by atoms with van der Waals surface area (Å²) >= 11 is 0. The molecule has 24 heavy (non-hydrogen) atoms. The highest BCUT2D eigenvalue weighted by Crippen LogP contribution is 2.32. The number of piperidine rings is 1. The third-order valence-electron chi connectivity index (χ3n) is 5.06. The smallest absolute Gasteiger partial charge is 0.228 e. The average molecular weight is 336 g/mol. The monoisotopic (exact) mass is 336 g/mol. The minimum absolute atomic E-state index is 0.0134. The van der Waals surface area contributed by atoms with Crippen molar-refractivity contribution in [2.24, 2.45) is 5.92 Å². The zero-order valence-corrected chi connectivity index (χ0v) is 13.8. The van der Waals surface area contributed by atoms with Gasteiger partial charge in [0.15, 0.2) is 0 Å². The lowest BCUT2D eigenvalue weighted by Crippen LogP contribution is -2.46. The van der Waals surface area contributed by atoms with Gasteiger partial charge in [-0.15, -0.1) is 0 Å². The van der Waals surface area contributed by atoms with Crippen LogP contribution in [0.25, 0.3) is 0 Å². The summed E-state index contributed by atoms with van der Waals surface area (Å²) in [6.45, 7) is 2.80. The average Bonchev–Trinajstić information content (AvgIpc) is 2.95. The van der Waals surface area contributed by atoms with Gasteiger partial charge >= 0.3 is 0 Å². The first-order valence-corrected chi connectivity index (χ1v) is 8.57. The van der Waals surface area contributed by atoms with E-state index in [1.54, 1.807) is 0 Å². The van der Waals surface area contributed by atoms with Gasteiger partial charge in [-0.2, -0.15) is 0 Å². The van der Waals surface area contributed by atoms with E-state index in [1.807, 2.05) is 4.90 Å². The van der Waals surface area contributed by atoms with Crippen molar-refractivity contribution in [3.63, 3.8) is 0 Å². The number of rotatable bonds is 3. The Bertz CT molecular complexity index is 630. The number of carbonyl (C=O) groups is 2. The van der Waals surface area contributed by atoms with Crippen LogP contribution in [0.2, 0.25) is 0 Å². The molecule has 1 aromatic carbocycles. The van der Waals surface area contributed by atoms with Crippen molar-refractivity contribution < 1.29 is 18.4 Å². The number of hydrogen-bond acceptors (Lipinski definition) is 2. The van der Waals surface area contributed by atoms with Gasteiger partial charge in [0.05, 0.1) is 5.92 Å². The summed E-state index contributed by atoms with van der Waals surface area (Å²) in [6.07, 6.45) is 3.96. The molecule has 2 aliphatic heterocycles. The maximum Gasteiger partial charge on any atom is 0.228 e. The lowest BCUT2D eigenvalue weighted by molar-refractivity contribution is -0.139. The second kappa shape index (κ2) is 6.87. The molecule has 0 N–H and O–H groups in total. The van der Waals surface area contributed by atoms with Crippen LogP contribution < -0.4 is 4.90 Å². The highest BCUT2D eigenvalue weighted by Gasteiger charge is 2.40. The van der Waals surface area contributed by atoms with Gasteiger partial charge in [-0.1, -0.05) is 13.0 Å². The number of halogens is 2. The highest BCUT2D eigenvalue weighted by molar-refractivity contribution is 6.00. The quantitative estimate of drug-likeness (QED) is 0.851. The second-order valence-corrected chi connectivity index (χ2v) is 6.57. The van der Waals surface area contributed by atoms with Crippen LogP contribution in [-0.4, -0.2) is 35.8 Å². The van der Waals surface area contributed by atoms with Gasteiger partial charge in [0, 0.05) is 25.6 Å². The molecule has 3 rings (SSSR count). The molecule has 0 aromatic heterocycles. The molecule has 2 aliphatic rings. The van der Waals surface area contributed by atoms with Crippen LogP contribution in [-0.2, 0) is 9.59 Å². The zero-order chi connectivity index (χ0) is 17.3. The molecule has 1 aromatic rings. The molecule has 0 aliphatic carbocycles. The summed E-state index contributed by atoms with van der Waals surface area (Å²) in [6, 6.07) is 3.72.